The molecule has 2 heterocycles. The van der Waals surface area contributed by atoms with Crippen molar-refractivity contribution in [3.8, 4) is 17.3 Å². The molecule has 0 atom stereocenters. The number of hydrogen-bond acceptors (Lipinski definition) is 4. The largest absolute Gasteiger partial charge is 0.374 e. The van der Waals surface area contributed by atoms with Gasteiger partial charge in [-0.05, 0) is 42.7 Å². The minimum Gasteiger partial charge on any atom is -0.374 e. The lowest BCUT2D eigenvalue weighted by Crippen LogP contribution is -2.24. The van der Waals surface area contributed by atoms with Crippen molar-refractivity contribution in [3.63, 3.8) is 0 Å². The zero-order valence-corrected chi connectivity index (χ0v) is 18.7. The van der Waals surface area contributed by atoms with Crippen molar-refractivity contribution < 1.29 is 0 Å². The Morgan fingerprint density at radius 2 is 1.62 bits per heavy atom. The Kier molecular flexibility index (Phi) is 6.76. The number of rotatable bonds is 7. The molecule has 1 aromatic heterocycles. The highest BCUT2D eigenvalue weighted by atomic mass is 32.1. The molecular weight excluding hydrogens is 376 g/mol. The van der Waals surface area contributed by atoms with Gasteiger partial charge < -0.3 is 14.4 Å². The number of aromatic nitrogens is 1. The number of allylic oxidation sites excluding steroid dienone is 1. The summed E-state index contributed by atoms with van der Waals surface area (Å²) < 4.78 is 2.16. The van der Waals surface area contributed by atoms with E-state index in [4.69, 9.17) is 0 Å². The van der Waals surface area contributed by atoms with Gasteiger partial charge in [-0.3, -0.25) is 0 Å². The van der Waals surface area contributed by atoms with Crippen LogP contribution in [-0.2, 0) is 7.05 Å². The molecular formula is C24H30N4S. The second-order valence-electron chi connectivity index (χ2n) is 7.59. The first-order valence-electron chi connectivity index (χ1n) is 10.3. The van der Waals surface area contributed by atoms with Crippen molar-refractivity contribution in [1.82, 2.24) is 9.47 Å². The first-order valence-corrected chi connectivity index (χ1v) is 10.7. The molecule has 3 rings (SSSR count). The van der Waals surface area contributed by atoms with Gasteiger partial charge in [0.2, 0.25) is 0 Å². The van der Waals surface area contributed by atoms with E-state index >= 15 is 0 Å². The lowest BCUT2D eigenvalue weighted by molar-refractivity contribution is 0.497. The van der Waals surface area contributed by atoms with Crippen LogP contribution in [0, 0.1) is 11.3 Å². The molecule has 1 aliphatic rings. The van der Waals surface area contributed by atoms with E-state index in [9.17, 15) is 5.26 Å². The summed E-state index contributed by atoms with van der Waals surface area (Å²) in [5, 5.41) is 9.63. The molecule has 152 valence electrons. The Morgan fingerprint density at radius 3 is 2.21 bits per heavy atom. The van der Waals surface area contributed by atoms with Crippen molar-refractivity contribution in [2.24, 2.45) is 7.05 Å². The fourth-order valence-corrected chi connectivity index (χ4v) is 4.43. The van der Waals surface area contributed by atoms with Crippen LogP contribution >= 0.6 is 12.6 Å². The highest BCUT2D eigenvalue weighted by molar-refractivity contribution is 7.85. The molecule has 0 N–H and O–H groups in total. The van der Waals surface area contributed by atoms with E-state index in [0.29, 0.717) is 6.54 Å². The average Bonchev–Trinajstić information content (AvgIpc) is 3.08. The van der Waals surface area contributed by atoms with Gasteiger partial charge in [0.1, 0.15) is 0 Å². The predicted molar refractivity (Wildman–Crippen MR) is 126 cm³/mol. The summed E-state index contributed by atoms with van der Waals surface area (Å²) in [6, 6.07) is 15.4. The van der Waals surface area contributed by atoms with Gasteiger partial charge in [0, 0.05) is 55.2 Å². The smallest absolute Gasteiger partial charge is 0.0973 e. The van der Waals surface area contributed by atoms with E-state index < -0.39 is 0 Å². The molecule has 0 saturated heterocycles. The number of benzene rings is 1. The minimum atomic E-state index is 0.607. The first kappa shape index (κ1) is 21.1. The van der Waals surface area contributed by atoms with Crippen LogP contribution in [0.5, 0.6) is 0 Å². The Balaban J connectivity index is 1.94. The van der Waals surface area contributed by atoms with Crippen LogP contribution in [0.25, 0.3) is 16.8 Å². The van der Waals surface area contributed by atoms with Gasteiger partial charge in [-0.25, -0.2) is 0 Å². The van der Waals surface area contributed by atoms with Gasteiger partial charge in [0.05, 0.1) is 23.9 Å². The third-order valence-corrected chi connectivity index (χ3v) is 5.68. The molecule has 5 heteroatoms. The summed E-state index contributed by atoms with van der Waals surface area (Å²) in [5.74, 6) is 0. The third kappa shape index (κ3) is 4.38. The molecule has 2 aromatic rings. The highest BCUT2D eigenvalue weighted by Crippen LogP contribution is 2.35. The Hall–Kier alpha value is -2.58. The van der Waals surface area contributed by atoms with Crippen LogP contribution in [0.2, 0.25) is 0 Å². The molecule has 0 amide bonds. The van der Waals surface area contributed by atoms with E-state index in [1.165, 1.54) is 11.3 Å². The quantitative estimate of drug-likeness (QED) is 0.633. The zero-order chi connectivity index (χ0) is 21.0. The molecule has 0 unspecified atom stereocenters. The zero-order valence-electron chi connectivity index (χ0n) is 17.8. The second kappa shape index (κ2) is 9.28. The molecule has 0 spiro atoms. The molecule has 1 aromatic carbocycles. The van der Waals surface area contributed by atoms with Gasteiger partial charge in [-0.15, -0.1) is 12.6 Å². The number of thiol groups is 1. The summed E-state index contributed by atoms with van der Waals surface area (Å²) in [6.45, 7) is 7.21. The fraction of sp³-hybridized carbons (Fsp3) is 0.375. The fourth-order valence-electron chi connectivity index (χ4n) is 3.98. The molecule has 0 saturated carbocycles. The number of anilines is 1. The summed E-state index contributed by atoms with van der Waals surface area (Å²) in [4.78, 5) is 5.26. The second-order valence-corrected chi connectivity index (χ2v) is 8.07. The first-order chi connectivity index (χ1) is 14.0. The SMILES string of the molecule is CCCN(CCC)c1ccc(-c2ccc(C3=C(C#N)CN(C)C=C3S)n2C)cc1. The van der Waals surface area contributed by atoms with Crippen LogP contribution in [0.4, 0.5) is 5.69 Å². The summed E-state index contributed by atoms with van der Waals surface area (Å²) >= 11 is 4.65. The van der Waals surface area contributed by atoms with Crippen molar-refractivity contribution in [2.45, 2.75) is 26.7 Å². The maximum absolute atomic E-state index is 9.63. The lowest BCUT2D eigenvalue weighted by Gasteiger charge is -2.24. The molecule has 0 aliphatic carbocycles. The van der Waals surface area contributed by atoms with Crippen LogP contribution in [0.3, 0.4) is 0 Å². The van der Waals surface area contributed by atoms with Crippen LogP contribution in [0.1, 0.15) is 32.4 Å². The molecule has 0 radical (unpaired) electrons. The van der Waals surface area contributed by atoms with Gasteiger partial charge in [-0.2, -0.15) is 5.26 Å². The van der Waals surface area contributed by atoms with Crippen LogP contribution < -0.4 is 4.90 Å². The molecule has 0 fully saturated rings. The molecule has 1 aliphatic heterocycles. The topological polar surface area (TPSA) is 35.2 Å². The van der Waals surface area contributed by atoms with Crippen molar-refractivity contribution in [3.05, 3.63) is 58.8 Å². The van der Waals surface area contributed by atoms with Gasteiger partial charge in [-0.1, -0.05) is 26.0 Å². The van der Waals surface area contributed by atoms with Crippen molar-refractivity contribution in [2.75, 3.05) is 31.6 Å². The number of hydrogen-bond donors (Lipinski definition) is 1. The monoisotopic (exact) mass is 406 g/mol. The average molecular weight is 407 g/mol. The summed E-state index contributed by atoms with van der Waals surface area (Å²) in [7, 11) is 4.02. The van der Waals surface area contributed by atoms with E-state index in [1.807, 2.05) is 18.1 Å². The standard InChI is InChI=1S/C24H30N4S/c1-5-13-28(14-6-2)20-9-7-18(8-10-20)21-11-12-22(27(21)4)24-19(15-25)16-26(3)17-23(24)29/h7-12,17,29H,5-6,13-14,16H2,1-4H3. The third-order valence-electron chi connectivity index (χ3n) is 5.34. The number of nitrogens with zero attached hydrogens (tertiary/aromatic N) is 4. The van der Waals surface area contributed by atoms with Crippen LogP contribution in [-0.4, -0.2) is 36.1 Å². The Labute approximate surface area is 180 Å². The van der Waals surface area contributed by atoms with Crippen molar-refractivity contribution in [1.29, 1.82) is 5.26 Å². The minimum absolute atomic E-state index is 0.607. The maximum atomic E-state index is 9.63. The van der Waals surface area contributed by atoms with Crippen LogP contribution in [0.15, 0.2) is 53.1 Å². The Bertz CT molecular complexity index is 954. The molecule has 4 nitrogen and oxygen atoms in total. The van der Waals surface area contributed by atoms with E-state index in [2.05, 4.69) is 85.5 Å². The van der Waals surface area contributed by atoms with Gasteiger partial charge in [0.25, 0.3) is 0 Å². The molecule has 0 bridgehead atoms. The van der Waals surface area contributed by atoms with E-state index in [0.717, 1.165) is 53.4 Å². The normalized spacial score (nSPS) is 14.1. The summed E-state index contributed by atoms with van der Waals surface area (Å²) in [5.41, 5.74) is 6.28. The number of likely N-dealkylation sites (N-methyl/N-ethyl adjacent to an activating group) is 1. The van der Waals surface area contributed by atoms with E-state index in [1.54, 1.807) is 0 Å². The number of nitriles is 1. The van der Waals surface area contributed by atoms with Gasteiger partial charge >= 0.3 is 0 Å². The highest BCUT2D eigenvalue weighted by Gasteiger charge is 2.21. The predicted octanol–water partition coefficient (Wildman–Crippen LogP) is 5.31. The summed E-state index contributed by atoms with van der Waals surface area (Å²) in [6.07, 6.45) is 4.28. The Morgan fingerprint density at radius 1 is 1.00 bits per heavy atom. The van der Waals surface area contributed by atoms with Gasteiger partial charge in [0.15, 0.2) is 0 Å². The molecule has 29 heavy (non-hydrogen) atoms. The maximum Gasteiger partial charge on any atom is 0.0973 e. The van der Waals surface area contributed by atoms with Crippen molar-refractivity contribution >= 4 is 23.9 Å². The van der Waals surface area contributed by atoms with E-state index in [-0.39, 0.29) is 0 Å². The lowest BCUT2D eigenvalue weighted by atomic mass is 10.0.